The van der Waals surface area contributed by atoms with Gasteiger partial charge in [-0.05, 0) is 83.5 Å². The Labute approximate surface area is 363 Å². The van der Waals surface area contributed by atoms with Gasteiger partial charge in [-0.3, -0.25) is 14.4 Å². The second-order valence-corrected chi connectivity index (χ2v) is 15.6. The smallest absolute Gasteiger partial charge is 0.306 e. The number of esters is 3. The zero-order chi connectivity index (χ0) is 43.0. The summed E-state index contributed by atoms with van der Waals surface area (Å²) in [5.74, 6) is -1.01. The van der Waals surface area contributed by atoms with Gasteiger partial charge in [-0.15, -0.1) is 0 Å². The van der Waals surface area contributed by atoms with E-state index in [1.54, 1.807) is 0 Å². The van der Waals surface area contributed by atoms with Gasteiger partial charge in [0.2, 0.25) is 0 Å². The van der Waals surface area contributed by atoms with Gasteiger partial charge in [-0.1, -0.05) is 196 Å². The van der Waals surface area contributed by atoms with Gasteiger partial charge in [0.25, 0.3) is 0 Å². The van der Waals surface area contributed by atoms with Crippen LogP contribution in [0.3, 0.4) is 0 Å². The maximum Gasteiger partial charge on any atom is 0.306 e. The maximum atomic E-state index is 12.7. The predicted molar refractivity (Wildman–Crippen MR) is 251 cm³/mol. The second-order valence-electron chi connectivity index (χ2n) is 15.6. The molecule has 0 spiro atoms. The Morgan fingerprint density at radius 2 is 0.695 bits per heavy atom. The number of hydrogen-bond donors (Lipinski definition) is 0. The molecule has 1 unspecified atom stereocenters. The van der Waals surface area contributed by atoms with Crippen LogP contribution in [-0.4, -0.2) is 37.2 Å². The first-order valence-electron chi connectivity index (χ1n) is 24.1. The quantitative estimate of drug-likeness (QED) is 0.0264. The molecule has 0 aromatic carbocycles. The minimum atomic E-state index is -0.807. The van der Waals surface area contributed by atoms with Gasteiger partial charge in [-0.25, -0.2) is 0 Å². The van der Waals surface area contributed by atoms with E-state index >= 15 is 0 Å². The van der Waals surface area contributed by atoms with Crippen LogP contribution < -0.4 is 0 Å². The Balaban J connectivity index is 4.43. The Bertz CT molecular complexity index is 1170. The van der Waals surface area contributed by atoms with Crippen molar-refractivity contribution < 1.29 is 28.6 Å². The molecule has 336 valence electrons. The number of rotatable bonds is 42. The van der Waals surface area contributed by atoms with Crippen molar-refractivity contribution in [1.82, 2.24) is 0 Å². The third kappa shape index (κ3) is 45.5. The minimum absolute atomic E-state index is 0.103. The molecule has 0 saturated carbocycles. The Morgan fingerprint density at radius 1 is 0.356 bits per heavy atom. The molecule has 0 rings (SSSR count). The second kappa shape index (κ2) is 47.3. The summed E-state index contributed by atoms with van der Waals surface area (Å²) in [6.07, 6.45) is 60.2. The van der Waals surface area contributed by atoms with Crippen LogP contribution >= 0.6 is 0 Å². The summed E-state index contributed by atoms with van der Waals surface area (Å²) in [4.78, 5) is 37.7. The third-order valence-corrected chi connectivity index (χ3v) is 9.90. The number of ether oxygens (including phenoxy) is 3. The first-order chi connectivity index (χ1) is 29.0. The van der Waals surface area contributed by atoms with E-state index in [4.69, 9.17) is 14.2 Å². The summed E-state index contributed by atoms with van der Waals surface area (Å²) < 4.78 is 16.6. The molecular weight excluding hydrogens is 733 g/mol. The minimum Gasteiger partial charge on any atom is -0.462 e. The molecule has 59 heavy (non-hydrogen) atoms. The highest BCUT2D eigenvalue weighted by Crippen LogP contribution is 2.13. The van der Waals surface area contributed by atoms with E-state index in [1.807, 2.05) is 12.2 Å². The first kappa shape index (κ1) is 55.6. The predicted octanol–water partition coefficient (Wildman–Crippen LogP) is 15.6. The first-order valence-corrected chi connectivity index (χ1v) is 24.1. The molecule has 0 aromatic rings. The van der Waals surface area contributed by atoms with Crippen molar-refractivity contribution in [3.8, 4) is 0 Å². The number of allylic oxidation sites excluding steroid dienone is 14. The fraction of sp³-hybridized carbons (Fsp3) is 0.679. The van der Waals surface area contributed by atoms with Crippen LogP contribution in [0.15, 0.2) is 85.1 Å². The lowest BCUT2D eigenvalue weighted by Crippen LogP contribution is -2.30. The lowest BCUT2D eigenvalue weighted by atomic mass is 10.1. The van der Waals surface area contributed by atoms with E-state index in [-0.39, 0.29) is 37.5 Å². The fourth-order valence-corrected chi connectivity index (χ4v) is 6.28. The van der Waals surface area contributed by atoms with Crippen LogP contribution in [0.5, 0.6) is 0 Å². The summed E-state index contributed by atoms with van der Waals surface area (Å²) in [5, 5.41) is 0. The topological polar surface area (TPSA) is 78.9 Å². The summed E-state index contributed by atoms with van der Waals surface area (Å²) in [5.41, 5.74) is 0. The highest BCUT2D eigenvalue weighted by atomic mass is 16.6. The molecule has 0 bridgehead atoms. The average molecular weight is 821 g/mol. The number of carbonyl (C=O) groups is 3. The average Bonchev–Trinajstić information content (AvgIpc) is 3.23. The van der Waals surface area contributed by atoms with Crippen molar-refractivity contribution in [1.29, 1.82) is 0 Å². The molecular formula is C53H88O6. The van der Waals surface area contributed by atoms with Gasteiger partial charge in [0.15, 0.2) is 6.10 Å². The van der Waals surface area contributed by atoms with Crippen LogP contribution in [0, 0.1) is 0 Å². The number of carbonyl (C=O) groups excluding carboxylic acids is 3. The van der Waals surface area contributed by atoms with E-state index in [2.05, 4.69) is 93.7 Å². The summed E-state index contributed by atoms with van der Waals surface area (Å²) in [6, 6.07) is 0. The van der Waals surface area contributed by atoms with Crippen molar-refractivity contribution >= 4 is 17.9 Å². The Kier molecular flexibility index (Phi) is 44.5. The molecule has 0 N–H and O–H groups in total. The highest BCUT2D eigenvalue weighted by molar-refractivity contribution is 5.71. The van der Waals surface area contributed by atoms with Crippen molar-refractivity contribution in [2.75, 3.05) is 13.2 Å². The molecule has 1 atom stereocenters. The molecule has 0 aliphatic heterocycles. The van der Waals surface area contributed by atoms with Crippen molar-refractivity contribution in [3.63, 3.8) is 0 Å². The van der Waals surface area contributed by atoms with E-state index < -0.39 is 6.10 Å². The monoisotopic (exact) mass is 821 g/mol. The molecule has 0 fully saturated rings. The SMILES string of the molecule is CC/C=C\C/C=C\C/C=C\C/C=C\C/C=C\C/C=C\CCC(=O)OCC(COC(=O)CCCCCCCCC)OC(=O)CCCCCCC/C=C\CCCCCCCC. The van der Waals surface area contributed by atoms with E-state index in [0.717, 1.165) is 89.9 Å². The summed E-state index contributed by atoms with van der Waals surface area (Å²) in [6.45, 7) is 6.39. The molecule has 0 saturated heterocycles. The van der Waals surface area contributed by atoms with Gasteiger partial charge in [0.05, 0.1) is 0 Å². The molecule has 6 heteroatoms. The normalized spacial score (nSPS) is 12.8. The van der Waals surface area contributed by atoms with Crippen LogP contribution in [0.4, 0.5) is 0 Å². The van der Waals surface area contributed by atoms with Crippen LogP contribution in [0.2, 0.25) is 0 Å². The Morgan fingerprint density at radius 3 is 1.14 bits per heavy atom. The van der Waals surface area contributed by atoms with E-state index in [9.17, 15) is 14.4 Å². The zero-order valence-electron chi connectivity index (χ0n) is 38.2. The largest absolute Gasteiger partial charge is 0.462 e. The van der Waals surface area contributed by atoms with Crippen LogP contribution in [0.25, 0.3) is 0 Å². The molecule has 6 nitrogen and oxygen atoms in total. The number of hydrogen-bond acceptors (Lipinski definition) is 6. The van der Waals surface area contributed by atoms with Gasteiger partial charge >= 0.3 is 17.9 Å². The maximum absolute atomic E-state index is 12.7. The molecule has 0 aliphatic carbocycles. The van der Waals surface area contributed by atoms with E-state index in [1.165, 1.54) is 77.0 Å². The van der Waals surface area contributed by atoms with Crippen molar-refractivity contribution in [2.24, 2.45) is 0 Å². The lowest BCUT2D eigenvalue weighted by Gasteiger charge is -2.18. The van der Waals surface area contributed by atoms with Gasteiger partial charge in [0, 0.05) is 19.3 Å². The zero-order valence-corrected chi connectivity index (χ0v) is 38.2. The lowest BCUT2D eigenvalue weighted by molar-refractivity contribution is -0.166. The molecule has 0 aromatic heterocycles. The van der Waals surface area contributed by atoms with Crippen LogP contribution in [0.1, 0.15) is 213 Å². The van der Waals surface area contributed by atoms with Crippen molar-refractivity contribution in [2.45, 2.75) is 219 Å². The Hall–Kier alpha value is -3.41. The highest BCUT2D eigenvalue weighted by Gasteiger charge is 2.19. The fourth-order valence-electron chi connectivity index (χ4n) is 6.28. The van der Waals surface area contributed by atoms with E-state index in [0.29, 0.717) is 19.3 Å². The molecule has 0 radical (unpaired) electrons. The van der Waals surface area contributed by atoms with Crippen molar-refractivity contribution in [3.05, 3.63) is 85.1 Å². The summed E-state index contributed by atoms with van der Waals surface area (Å²) >= 11 is 0. The van der Waals surface area contributed by atoms with Gasteiger partial charge < -0.3 is 14.2 Å². The number of unbranched alkanes of at least 4 members (excludes halogenated alkanes) is 17. The van der Waals surface area contributed by atoms with Gasteiger partial charge in [0.1, 0.15) is 13.2 Å². The molecule has 0 heterocycles. The summed E-state index contributed by atoms with van der Waals surface area (Å²) in [7, 11) is 0. The van der Waals surface area contributed by atoms with Crippen LogP contribution in [-0.2, 0) is 28.6 Å². The van der Waals surface area contributed by atoms with Gasteiger partial charge in [-0.2, -0.15) is 0 Å². The molecule has 0 aliphatic rings. The third-order valence-electron chi connectivity index (χ3n) is 9.90. The molecule has 0 amide bonds. The standard InChI is InChI=1S/C53H88O6/c1-4-7-10-13-16-18-20-22-24-25-26-27-29-30-32-34-37-40-43-46-52(55)58-49-50(48-57-51(54)45-42-39-36-15-12-9-6-3)59-53(56)47-44-41-38-35-33-31-28-23-21-19-17-14-11-8-5-2/h7,10,16,18,22-24,26-28,30,32,37,40,50H,4-6,8-9,11-15,17,19-21,25,29,31,33-36,38-39,41-49H2,1-3H3/b10-7-,18-16-,24-22-,27-26-,28-23-,32-30-,40-37-.